The van der Waals surface area contributed by atoms with Crippen LogP contribution in [0.1, 0.15) is 45.4 Å². The van der Waals surface area contributed by atoms with E-state index < -0.39 is 40.3 Å². The van der Waals surface area contributed by atoms with Gasteiger partial charge in [0.25, 0.3) is 5.91 Å². The number of aromatic amines is 1. The third-order valence-electron chi connectivity index (χ3n) is 4.60. The maximum absolute atomic E-state index is 12.4. The maximum Gasteiger partial charge on any atom is 0.355 e. The molecule has 150 valence electrons. The van der Waals surface area contributed by atoms with Gasteiger partial charge < -0.3 is 19.4 Å². The molecule has 1 N–H and O–H groups in total. The Morgan fingerprint density at radius 2 is 1.85 bits per heavy atom. The minimum Gasteiger partial charge on any atom is -0.461 e. The first-order valence-electron chi connectivity index (χ1n) is 8.56. The van der Waals surface area contributed by atoms with Gasteiger partial charge in [0, 0.05) is 18.8 Å². The van der Waals surface area contributed by atoms with Crippen LogP contribution in [0.3, 0.4) is 0 Å². The number of sulfone groups is 1. The first-order chi connectivity index (χ1) is 12.6. The zero-order valence-corrected chi connectivity index (χ0v) is 16.6. The highest BCUT2D eigenvalue weighted by atomic mass is 32.2. The molecule has 1 saturated heterocycles. The largest absolute Gasteiger partial charge is 0.461 e. The highest BCUT2D eigenvalue weighted by Gasteiger charge is 2.33. The van der Waals surface area contributed by atoms with Crippen molar-refractivity contribution in [2.24, 2.45) is 0 Å². The quantitative estimate of drug-likeness (QED) is 0.694. The molecule has 0 bridgehead atoms. The molecule has 0 unspecified atom stereocenters. The van der Waals surface area contributed by atoms with Crippen LogP contribution in [0.4, 0.5) is 0 Å². The van der Waals surface area contributed by atoms with Crippen LogP contribution in [0.15, 0.2) is 0 Å². The molecule has 0 aliphatic carbocycles. The van der Waals surface area contributed by atoms with Crippen LogP contribution in [0.25, 0.3) is 0 Å². The number of likely N-dealkylation sites (N-methyl/N-ethyl adjacent to an activating group) is 1. The van der Waals surface area contributed by atoms with Crippen molar-refractivity contribution in [2.75, 3.05) is 31.8 Å². The molecular weight excluding hydrogens is 376 g/mol. The molecule has 0 saturated carbocycles. The number of nitrogens with one attached hydrogen (secondary N) is 1. The van der Waals surface area contributed by atoms with E-state index in [2.05, 4.69) is 4.98 Å². The molecule has 1 aromatic rings. The van der Waals surface area contributed by atoms with E-state index in [4.69, 9.17) is 9.47 Å². The van der Waals surface area contributed by atoms with Gasteiger partial charge in [-0.25, -0.2) is 18.0 Å². The SMILES string of the molecule is CCOC(=O)c1[nH]c(C)c(C(=O)OCC(=O)N(C)[C@H]2CCS(=O)(=O)C2)c1C. The summed E-state index contributed by atoms with van der Waals surface area (Å²) < 4.78 is 33.1. The number of aryl methyl sites for hydroxylation is 1. The predicted molar refractivity (Wildman–Crippen MR) is 96.3 cm³/mol. The Bertz CT molecular complexity index is 857. The molecule has 1 aliphatic heterocycles. The van der Waals surface area contributed by atoms with Gasteiger partial charge in [-0.15, -0.1) is 0 Å². The number of ether oxygens (including phenoxy) is 2. The summed E-state index contributed by atoms with van der Waals surface area (Å²) in [5, 5.41) is 0. The van der Waals surface area contributed by atoms with Gasteiger partial charge in [0.15, 0.2) is 16.4 Å². The van der Waals surface area contributed by atoms with Crippen molar-refractivity contribution in [1.82, 2.24) is 9.88 Å². The van der Waals surface area contributed by atoms with Gasteiger partial charge in [0.1, 0.15) is 5.69 Å². The molecule has 2 heterocycles. The number of H-pyrrole nitrogens is 1. The van der Waals surface area contributed by atoms with E-state index in [1.54, 1.807) is 20.8 Å². The smallest absolute Gasteiger partial charge is 0.355 e. The molecule has 0 radical (unpaired) electrons. The van der Waals surface area contributed by atoms with E-state index in [0.29, 0.717) is 17.7 Å². The number of carbonyl (C=O) groups is 3. The minimum atomic E-state index is -3.12. The molecule has 27 heavy (non-hydrogen) atoms. The van der Waals surface area contributed by atoms with Crippen LogP contribution in [-0.2, 0) is 24.1 Å². The second-order valence-corrected chi connectivity index (χ2v) is 8.71. The number of esters is 2. The average Bonchev–Trinajstić information content (AvgIpc) is 3.10. The summed E-state index contributed by atoms with van der Waals surface area (Å²) in [4.78, 5) is 40.6. The standard InChI is InChI=1S/C17H24N2O7S/c1-5-25-17(22)15-10(2)14(11(3)18-15)16(21)26-8-13(20)19(4)12-6-7-27(23,24)9-12/h12,18H,5-9H2,1-4H3/t12-/m0/s1. The summed E-state index contributed by atoms with van der Waals surface area (Å²) in [7, 11) is -1.63. The Morgan fingerprint density at radius 3 is 2.41 bits per heavy atom. The van der Waals surface area contributed by atoms with Gasteiger partial charge in [0.2, 0.25) is 0 Å². The molecule has 0 aromatic carbocycles. The topological polar surface area (TPSA) is 123 Å². The molecule has 9 nitrogen and oxygen atoms in total. The first kappa shape index (κ1) is 20.9. The van der Waals surface area contributed by atoms with Crippen LogP contribution in [0.5, 0.6) is 0 Å². The molecule has 0 spiro atoms. The normalized spacial score (nSPS) is 18.1. The molecule has 1 aromatic heterocycles. The van der Waals surface area contributed by atoms with E-state index in [9.17, 15) is 22.8 Å². The maximum atomic E-state index is 12.4. The third kappa shape index (κ3) is 4.68. The van der Waals surface area contributed by atoms with Crippen molar-refractivity contribution >= 4 is 27.7 Å². The van der Waals surface area contributed by atoms with Gasteiger partial charge in [-0.3, -0.25) is 4.79 Å². The van der Waals surface area contributed by atoms with Gasteiger partial charge in [-0.2, -0.15) is 0 Å². The van der Waals surface area contributed by atoms with Crippen molar-refractivity contribution in [2.45, 2.75) is 33.2 Å². The Morgan fingerprint density at radius 1 is 1.19 bits per heavy atom. The highest BCUT2D eigenvalue weighted by Crippen LogP contribution is 2.20. The van der Waals surface area contributed by atoms with Crippen LogP contribution >= 0.6 is 0 Å². The number of hydrogen-bond acceptors (Lipinski definition) is 7. The fourth-order valence-electron chi connectivity index (χ4n) is 3.05. The summed E-state index contributed by atoms with van der Waals surface area (Å²) in [6.07, 6.45) is 0.372. The number of rotatable bonds is 6. The van der Waals surface area contributed by atoms with E-state index in [0.717, 1.165) is 0 Å². The number of aromatic nitrogens is 1. The second-order valence-electron chi connectivity index (χ2n) is 6.48. The van der Waals surface area contributed by atoms with E-state index in [-0.39, 0.29) is 29.4 Å². The van der Waals surface area contributed by atoms with Crippen LogP contribution in [0.2, 0.25) is 0 Å². The molecule has 1 amide bonds. The summed E-state index contributed by atoms with van der Waals surface area (Å²) in [6.45, 7) is 4.57. The van der Waals surface area contributed by atoms with E-state index in [1.165, 1.54) is 11.9 Å². The lowest BCUT2D eigenvalue weighted by molar-refractivity contribution is -0.134. The van der Waals surface area contributed by atoms with Crippen molar-refractivity contribution in [3.05, 3.63) is 22.5 Å². The van der Waals surface area contributed by atoms with Crippen LogP contribution < -0.4 is 0 Å². The molecule has 2 rings (SSSR count). The van der Waals surface area contributed by atoms with E-state index >= 15 is 0 Å². The van der Waals surface area contributed by atoms with Crippen molar-refractivity contribution in [3.8, 4) is 0 Å². The van der Waals surface area contributed by atoms with Crippen molar-refractivity contribution in [3.63, 3.8) is 0 Å². The van der Waals surface area contributed by atoms with Gasteiger partial charge in [-0.05, 0) is 32.8 Å². The third-order valence-corrected chi connectivity index (χ3v) is 6.35. The lowest BCUT2D eigenvalue weighted by Crippen LogP contribution is -2.40. The fourth-order valence-corrected chi connectivity index (χ4v) is 4.82. The van der Waals surface area contributed by atoms with Gasteiger partial charge in [-0.1, -0.05) is 0 Å². The van der Waals surface area contributed by atoms with Crippen molar-refractivity contribution < 1.29 is 32.3 Å². The van der Waals surface area contributed by atoms with Crippen LogP contribution in [0, 0.1) is 13.8 Å². The number of carbonyl (C=O) groups excluding carboxylic acids is 3. The fraction of sp³-hybridized carbons (Fsp3) is 0.588. The second kappa shape index (κ2) is 8.12. The summed E-state index contributed by atoms with van der Waals surface area (Å²) in [6, 6.07) is -0.410. The van der Waals surface area contributed by atoms with Gasteiger partial charge in [0.05, 0.1) is 23.7 Å². The molecule has 10 heteroatoms. The number of amides is 1. The average molecular weight is 400 g/mol. The Hall–Kier alpha value is -2.36. The zero-order valence-electron chi connectivity index (χ0n) is 15.8. The Balaban J connectivity index is 2.01. The summed E-state index contributed by atoms with van der Waals surface area (Å²) in [5.41, 5.74) is 1.17. The Labute approximate surface area is 157 Å². The van der Waals surface area contributed by atoms with Gasteiger partial charge >= 0.3 is 11.9 Å². The highest BCUT2D eigenvalue weighted by molar-refractivity contribution is 7.91. The first-order valence-corrected chi connectivity index (χ1v) is 10.4. The van der Waals surface area contributed by atoms with Crippen LogP contribution in [-0.4, -0.2) is 74.0 Å². The molecule has 1 aliphatic rings. The van der Waals surface area contributed by atoms with E-state index in [1.807, 2.05) is 0 Å². The van der Waals surface area contributed by atoms with Crippen molar-refractivity contribution in [1.29, 1.82) is 0 Å². The minimum absolute atomic E-state index is 0.0491. The lowest BCUT2D eigenvalue weighted by Gasteiger charge is -2.23. The molecular formula is C17H24N2O7S. The lowest BCUT2D eigenvalue weighted by atomic mass is 10.1. The number of hydrogen-bond donors (Lipinski definition) is 1. The predicted octanol–water partition coefficient (Wildman–Crippen LogP) is 0.611. The number of nitrogens with zero attached hydrogens (tertiary/aromatic N) is 1. The summed E-state index contributed by atoms with van der Waals surface area (Å²) >= 11 is 0. The Kier molecular flexibility index (Phi) is 6.30. The molecule has 1 fully saturated rings. The summed E-state index contributed by atoms with van der Waals surface area (Å²) in [5.74, 6) is -1.83. The monoisotopic (exact) mass is 400 g/mol. The molecule has 1 atom stereocenters. The zero-order chi connectivity index (χ0) is 20.4.